The largest absolute Gasteiger partial charge is 0.338 e. The smallest absolute Gasteiger partial charge is 0.241 e. The van der Waals surface area contributed by atoms with E-state index in [1.54, 1.807) is 12.4 Å². The molecule has 0 spiro atoms. The molecule has 0 aliphatic rings. The van der Waals surface area contributed by atoms with Crippen LogP contribution >= 0.6 is 11.3 Å². The van der Waals surface area contributed by atoms with Crippen molar-refractivity contribution in [3.05, 3.63) is 52.3 Å². The Labute approximate surface area is 140 Å². The molecule has 5 nitrogen and oxygen atoms in total. The Morgan fingerprint density at radius 3 is 2.57 bits per heavy atom. The van der Waals surface area contributed by atoms with Crippen LogP contribution in [0.2, 0.25) is 0 Å². The van der Waals surface area contributed by atoms with E-state index in [0.717, 1.165) is 12.1 Å². The van der Waals surface area contributed by atoms with Gasteiger partial charge in [-0.1, -0.05) is 5.16 Å². The quantitative estimate of drug-likeness (QED) is 0.686. The number of rotatable bonds is 6. The van der Waals surface area contributed by atoms with Crippen LogP contribution in [0.1, 0.15) is 29.5 Å². The van der Waals surface area contributed by atoms with Gasteiger partial charge in [0.05, 0.1) is 6.54 Å². The molecule has 23 heavy (non-hydrogen) atoms. The molecule has 0 saturated carbocycles. The third kappa shape index (κ3) is 4.03. The topological polar surface area (TPSA) is 55.1 Å². The van der Waals surface area contributed by atoms with Gasteiger partial charge >= 0.3 is 0 Å². The zero-order chi connectivity index (χ0) is 16.2. The summed E-state index contributed by atoms with van der Waals surface area (Å²) in [4.78, 5) is 13.5. The summed E-state index contributed by atoms with van der Waals surface area (Å²) in [6.45, 7) is 8.03. The standard InChI is InChI=1S/C17H20N4OS/c1-12(2)21(10-15-5-4-13(3)23-15)11-16-19-17(20-22-16)14-6-8-18-9-7-14/h4-9,12H,10-11H2,1-3H3. The van der Waals surface area contributed by atoms with E-state index >= 15 is 0 Å². The lowest BCUT2D eigenvalue weighted by molar-refractivity contribution is 0.178. The lowest BCUT2D eigenvalue weighted by Gasteiger charge is -2.23. The average molecular weight is 328 g/mol. The van der Waals surface area contributed by atoms with Gasteiger partial charge in [0, 0.05) is 40.3 Å². The van der Waals surface area contributed by atoms with Crippen LogP contribution in [-0.2, 0) is 13.1 Å². The molecule has 6 heteroatoms. The van der Waals surface area contributed by atoms with Crippen molar-refractivity contribution in [1.29, 1.82) is 0 Å². The number of thiophene rings is 1. The average Bonchev–Trinajstić information content (AvgIpc) is 3.17. The molecule has 0 saturated heterocycles. The maximum absolute atomic E-state index is 5.42. The maximum Gasteiger partial charge on any atom is 0.241 e. The van der Waals surface area contributed by atoms with E-state index in [1.165, 1.54) is 9.75 Å². The van der Waals surface area contributed by atoms with Crippen molar-refractivity contribution in [3.8, 4) is 11.4 Å². The molecule has 3 aromatic heterocycles. The van der Waals surface area contributed by atoms with E-state index in [4.69, 9.17) is 4.52 Å². The zero-order valence-corrected chi connectivity index (χ0v) is 14.4. The maximum atomic E-state index is 5.42. The fraction of sp³-hybridized carbons (Fsp3) is 0.353. The Bertz CT molecular complexity index is 751. The third-order valence-corrected chi connectivity index (χ3v) is 4.62. The number of hydrogen-bond donors (Lipinski definition) is 0. The number of nitrogens with zero attached hydrogens (tertiary/aromatic N) is 4. The Kier molecular flexibility index (Phi) is 4.83. The fourth-order valence-electron chi connectivity index (χ4n) is 2.30. The molecule has 0 aliphatic heterocycles. The molecule has 3 aromatic rings. The molecule has 3 rings (SSSR count). The van der Waals surface area contributed by atoms with Crippen LogP contribution in [0, 0.1) is 6.92 Å². The molecule has 0 atom stereocenters. The van der Waals surface area contributed by atoms with E-state index in [-0.39, 0.29) is 0 Å². The third-order valence-electron chi connectivity index (χ3n) is 3.63. The van der Waals surface area contributed by atoms with E-state index in [0.29, 0.717) is 24.3 Å². The molecule has 0 fully saturated rings. The Balaban J connectivity index is 1.72. The van der Waals surface area contributed by atoms with Gasteiger partial charge in [0.25, 0.3) is 0 Å². The fourth-order valence-corrected chi connectivity index (χ4v) is 3.22. The molecule has 0 unspecified atom stereocenters. The Morgan fingerprint density at radius 2 is 1.91 bits per heavy atom. The van der Waals surface area contributed by atoms with Crippen molar-refractivity contribution in [2.45, 2.75) is 39.9 Å². The number of aryl methyl sites for hydroxylation is 1. The van der Waals surface area contributed by atoms with E-state index < -0.39 is 0 Å². The highest BCUT2D eigenvalue weighted by Gasteiger charge is 2.16. The minimum Gasteiger partial charge on any atom is -0.338 e. The molecule has 120 valence electrons. The van der Waals surface area contributed by atoms with E-state index in [2.05, 4.69) is 52.9 Å². The van der Waals surface area contributed by atoms with Crippen LogP contribution in [0.25, 0.3) is 11.4 Å². The van der Waals surface area contributed by atoms with E-state index in [1.807, 2.05) is 23.5 Å². The normalized spacial score (nSPS) is 11.5. The van der Waals surface area contributed by atoms with Gasteiger partial charge in [0.15, 0.2) is 0 Å². The van der Waals surface area contributed by atoms with Crippen molar-refractivity contribution in [3.63, 3.8) is 0 Å². The minimum atomic E-state index is 0.397. The molecular formula is C17H20N4OS. The summed E-state index contributed by atoms with van der Waals surface area (Å²) in [5.74, 6) is 1.25. The van der Waals surface area contributed by atoms with Crippen LogP contribution in [0.15, 0.2) is 41.2 Å². The molecule has 0 bridgehead atoms. The van der Waals surface area contributed by atoms with Gasteiger partial charge in [-0.05, 0) is 45.0 Å². The molecule has 0 aliphatic carbocycles. The van der Waals surface area contributed by atoms with Crippen LogP contribution in [0.4, 0.5) is 0 Å². The summed E-state index contributed by atoms with van der Waals surface area (Å²) in [5, 5.41) is 4.07. The summed E-state index contributed by atoms with van der Waals surface area (Å²) in [6, 6.07) is 8.50. The van der Waals surface area contributed by atoms with Gasteiger partial charge in [0.2, 0.25) is 11.7 Å². The summed E-state index contributed by atoms with van der Waals surface area (Å²) in [5.41, 5.74) is 0.917. The molecular weight excluding hydrogens is 308 g/mol. The molecule has 0 amide bonds. The summed E-state index contributed by atoms with van der Waals surface area (Å²) in [7, 11) is 0. The van der Waals surface area contributed by atoms with Crippen molar-refractivity contribution < 1.29 is 4.52 Å². The summed E-state index contributed by atoms with van der Waals surface area (Å²) >= 11 is 1.83. The van der Waals surface area contributed by atoms with Gasteiger partial charge in [-0.3, -0.25) is 9.88 Å². The van der Waals surface area contributed by atoms with Crippen LogP contribution in [0.3, 0.4) is 0 Å². The van der Waals surface area contributed by atoms with Crippen molar-refractivity contribution >= 4 is 11.3 Å². The van der Waals surface area contributed by atoms with Gasteiger partial charge in [-0.15, -0.1) is 11.3 Å². The Morgan fingerprint density at radius 1 is 1.13 bits per heavy atom. The lowest BCUT2D eigenvalue weighted by atomic mass is 10.2. The number of hydrogen-bond acceptors (Lipinski definition) is 6. The molecule has 0 N–H and O–H groups in total. The number of aromatic nitrogens is 3. The van der Waals surface area contributed by atoms with Crippen LogP contribution in [0.5, 0.6) is 0 Å². The predicted molar refractivity (Wildman–Crippen MR) is 91.0 cm³/mol. The first-order valence-corrected chi connectivity index (χ1v) is 8.46. The van der Waals surface area contributed by atoms with Crippen molar-refractivity contribution in [2.24, 2.45) is 0 Å². The summed E-state index contributed by atoms with van der Waals surface area (Å²) in [6.07, 6.45) is 3.45. The summed E-state index contributed by atoms with van der Waals surface area (Å²) < 4.78 is 5.42. The predicted octanol–water partition coefficient (Wildman–Crippen LogP) is 3.91. The second-order valence-electron chi connectivity index (χ2n) is 5.76. The van der Waals surface area contributed by atoms with Gasteiger partial charge < -0.3 is 4.52 Å². The molecule has 0 radical (unpaired) electrons. The lowest BCUT2D eigenvalue weighted by Crippen LogP contribution is -2.29. The van der Waals surface area contributed by atoms with Gasteiger partial charge in [-0.25, -0.2) is 0 Å². The monoisotopic (exact) mass is 328 g/mol. The molecule has 3 heterocycles. The molecule has 0 aromatic carbocycles. The first-order chi connectivity index (χ1) is 11.1. The second kappa shape index (κ2) is 7.02. The van der Waals surface area contributed by atoms with Crippen LogP contribution < -0.4 is 0 Å². The second-order valence-corrected chi connectivity index (χ2v) is 7.13. The minimum absolute atomic E-state index is 0.397. The highest BCUT2D eigenvalue weighted by Crippen LogP contribution is 2.20. The highest BCUT2D eigenvalue weighted by molar-refractivity contribution is 7.11. The zero-order valence-electron chi connectivity index (χ0n) is 13.6. The van der Waals surface area contributed by atoms with Gasteiger partial charge in [0.1, 0.15) is 0 Å². The first-order valence-electron chi connectivity index (χ1n) is 7.64. The van der Waals surface area contributed by atoms with Crippen LogP contribution in [-0.4, -0.2) is 26.1 Å². The van der Waals surface area contributed by atoms with Gasteiger partial charge in [-0.2, -0.15) is 4.98 Å². The SMILES string of the molecule is Cc1ccc(CN(Cc2nc(-c3ccncc3)no2)C(C)C)s1. The highest BCUT2D eigenvalue weighted by atomic mass is 32.1. The first kappa shape index (κ1) is 15.8. The Hall–Kier alpha value is -2.05. The van der Waals surface area contributed by atoms with E-state index in [9.17, 15) is 0 Å². The van der Waals surface area contributed by atoms with Crippen molar-refractivity contribution in [2.75, 3.05) is 0 Å². The number of pyridine rings is 1. The van der Waals surface area contributed by atoms with Crippen molar-refractivity contribution in [1.82, 2.24) is 20.0 Å².